The maximum Gasteiger partial charge on any atom is 0.129 e. The second-order valence-corrected chi connectivity index (χ2v) is 2.66. The lowest BCUT2D eigenvalue weighted by atomic mass is 10.2. The van der Waals surface area contributed by atoms with Gasteiger partial charge in [-0.05, 0) is 12.1 Å². The molecule has 3 nitrogen and oxygen atoms in total. The summed E-state index contributed by atoms with van der Waals surface area (Å²) in [7, 11) is 0. The number of aliphatic hydroxyl groups is 1. The van der Waals surface area contributed by atoms with E-state index in [0.717, 1.165) is 0 Å². The largest absolute Gasteiger partial charge is 0.395 e. The van der Waals surface area contributed by atoms with Crippen LogP contribution < -0.4 is 11.1 Å². The third kappa shape index (κ3) is 2.68. The van der Waals surface area contributed by atoms with Gasteiger partial charge in [-0.15, -0.1) is 0 Å². The molecule has 0 unspecified atom stereocenters. The van der Waals surface area contributed by atoms with Crippen molar-refractivity contribution in [3.8, 4) is 0 Å². The number of aliphatic hydroxyl groups excluding tert-OH is 1. The zero-order chi connectivity index (χ0) is 9.68. The van der Waals surface area contributed by atoms with Gasteiger partial charge in [-0.3, -0.25) is 0 Å². The fourth-order valence-corrected chi connectivity index (χ4v) is 1.02. The second-order valence-electron chi connectivity index (χ2n) is 2.66. The Morgan fingerprint density at radius 3 is 2.77 bits per heavy atom. The molecular formula is C9H13FN2O. The van der Waals surface area contributed by atoms with E-state index in [1.165, 1.54) is 6.07 Å². The summed E-state index contributed by atoms with van der Waals surface area (Å²) in [5, 5.41) is 11.4. The quantitative estimate of drug-likeness (QED) is 0.645. The second kappa shape index (κ2) is 4.79. The topological polar surface area (TPSA) is 58.3 Å². The van der Waals surface area contributed by atoms with Gasteiger partial charge >= 0.3 is 0 Å². The van der Waals surface area contributed by atoms with Crippen LogP contribution in [0, 0.1) is 5.82 Å². The Morgan fingerprint density at radius 1 is 1.46 bits per heavy atom. The maximum atomic E-state index is 13.1. The molecule has 1 aromatic rings. The number of nitrogens with one attached hydrogen (secondary N) is 1. The monoisotopic (exact) mass is 184 g/mol. The van der Waals surface area contributed by atoms with Gasteiger partial charge in [-0.1, -0.05) is 6.07 Å². The highest BCUT2D eigenvalue weighted by atomic mass is 19.1. The van der Waals surface area contributed by atoms with Crippen LogP contribution in [0.1, 0.15) is 5.56 Å². The molecule has 0 aromatic heterocycles. The van der Waals surface area contributed by atoms with Gasteiger partial charge in [0.25, 0.3) is 0 Å². The summed E-state index contributed by atoms with van der Waals surface area (Å²) < 4.78 is 13.1. The zero-order valence-electron chi connectivity index (χ0n) is 7.26. The summed E-state index contributed by atoms with van der Waals surface area (Å²) in [6.45, 7) is 0.647. The Labute approximate surface area is 76.4 Å². The third-order valence-corrected chi connectivity index (χ3v) is 1.71. The van der Waals surface area contributed by atoms with Crippen molar-refractivity contribution in [3.63, 3.8) is 0 Å². The molecule has 13 heavy (non-hydrogen) atoms. The summed E-state index contributed by atoms with van der Waals surface area (Å²) in [5.41, 5.74) is 6.45. The standard InChI is InChI=1S/C9H13FN2O/c10-9-5-8(12-3-4-13)2-1-7(9)6-11/h1-2,5,12-13H,3-4,6,11H2. The first-order valence-electron chi connectivity index (χ1n) is 4.11. The van der Waals surface area contributed by atoms with Crippen LogP contribution in [0.2, 0.25) is 0 Å². The Kier molecular flexibility index (Phi) is 3.67. The van der Waals surface area contributed by atoms with Crippen molar-refractivity contribution in [1.29, 1.82) is 0 Å². The van der Waals surface area contributed by atoms with Crippen molar-refractivity contribution >= 4 is 5.69 Å². The van der Waals surface area contributed by atoms with Gasteiger partial charge in [0.1, 0.15) is 5.82 Å². The van der Waals surface area contributed by atoms with E-state index in [4.69, 9.17) is 10.8 Å². The molecule has 0 spiro atoms. The fourth-order valence-electron chi connectivity index (χ4n) is 1.02. The molecule has 0 heterocycles. The lowest BCUT2D eigenvalue weighted by Crippen LogP contribution is -2.06. The number of hydrogen-bond acceptors (Lipinski definition) is 3. The fraction of sp³-hybridized carbons (Fsp3) is 0.333. The molecule has 0 amide bonds. The van der Waals surface area contributed by atoms with Gasteiger partial charge in [0.05, 0.1) is 6.61 Å². The van der Waals surface area contributed by atoms with Crippen LogP contribution in [-0.4, -0.2) is 18.3 Å². The van der Waals surface area contributed by atoms with Crippen molar-refractivity contribution in [3.05, 3.63) is 29.6 Å². The van der Waals surface area contributed by atoms with Gasteiger partial charge in [0.2, 0.25) is 0 Å². The van der Waals surface area contributed by atoms with Crippen molar-refractivity contribution < 1.29 is 9.50 Å². The normalized spacial score (nSPS) is 10.1. The average Bonchev–Trinajstić information content (AvgIpc) is 2.15. The van der Waals surface area contributed by atoms with E-state index < -0.39 is 0 Å². The Bertz CT molecular complexity index is 278. The lowest BCUT2D eigenvalue weighted by molar-refractivity contribution is 0.311. The van der Waals surface area contributed by atoms with E-state index in [2.05, 4.69) is 5.32 Å². The Hall–Kier alpha value is -1.13. The van der Waals surface area contributed by atoms with Gasteiger partial charge in [0, 0.05) is 24.3 Å². The van der Waals surface area contributed by atoms with Crippen LogP contribution in [0.3, 0.4) is 0 Å². The minimum atomic E-state index is -0.314. The van der Waals surface area contributed by atoms with E-state index in [1.807, 2.05) is 0 Å². The zero-order valence-corrected chi connectivity index (χ0v) is 7.26. The number of benzene rings is 1. The molecule has 0 aliphatic heterocycles. The minimum absolute atomic E-state index is 0.0280. The highest BCUT2D eigenvalue weighted by Crippen LogP contribution is 2.13. The molecule has 0 fully saturated rings. The van der Waals surface area contributed by atoms with Gasteiger partial charge in [-0.25, -0.2) is 4.39 Å². The molecule has 0 radical (unpaired) electrons. The molecule has 0 saturated heterocycles. The molecule has 4 heteroatoms. The van der Waals surface area contributed by atoms with Crippen LogP contribution in [0.15, 0.2) is 18.2 Å². The molecule has 1 rings (SSSR count). The highest BCUT2D eigenvalue weighted by Gasteiger charge is 2.00. The van der Waals surface area contributed by atoms with Crippen molar-refractivity contribution in [1.82, 2.24) is 0 Å². The van der Waals surface area contributed by atoms with Crippen LogP contribution in [0.25, 0.3) is 0 Å². The van der Waals surface area contributed by atoms with E-state index in [0.29, 0.717) is 17.8 Å². The molecule has 0 atom stereocenters. The average molecular weight is 184 g/mol. The van der Waals surface area contributed by atoms with E-state index >= 15 is 0 Å². The van der Waals surface area contributed by atoms with Crippen LogP contribution in [0.4, 0.5) is 10.1 Å². The molecule has 0 bridgehead atoms. The minimum Gasteiger partial charge on any atom is -0.395 e. The van der Waals surface area contributed by atoms with E-state index in [9.17, 15) is 4.39 Å². The molecular weight excluding hydrogens is 171 g/mol. The highest BCUT2D eigenvalue weighted by molar-refractivity contribution is 5.45. The van der Waals surface area contributed by atoms with Gasteiger partial charge in [-0.2, -0.15) is 0 Å². The van der Waals surface area contributed by atoms with Crippen LogP contribution in [-0.2, 0) is 6.54 Å². The number of nitrogens with two attached hydrogens (primary N) is 1. The molecule has 1 aromatic carbocycles. The number of halogens is 1. The predicted octanol–water partition coefficient (Wildman–Crippen LogP) is 0.689. The summed E-state index contributed by atoms with van der Waals surface area (Å²) in [4.78, 5) is 0. The predicted molar refractivity (Wildman–Crippen MR) is 49.9 cm³/mol. The SMILES string of the molecule is NCc1ccc(NCCO)cc1F. The van der Waals surface area contributed by atoms with E-state index in [-0.39, 0.29) is 19.0 Å². The van der Waals surface area contributed by atoms with Crippen LogP contribution >= 0.6 is 0 Å². The summed E-state index contributed by atoms with van der Waals surface area (Å²) in [6, 6.07) is 4.74. The molecule has 0 aliphatic rings. The molecule has 4 N–H and O–H groups in total. The number of anilines is 1. The summed E-state index contributed by atoms with van der Waals surface area (Å²) in [6.07, 6.45) is 0. The molecule has 72 valence electrons. The van der Waals surface area contributed by atoms with Crippen LogP contribution in [0.5, 0.6) is 0 Å². The first-order valence-corrected chi connectivity index (χ1v) is 4.11. The maximum absolute atomic E-state index is 13.1. The summed E-state index contributed by atoms with van der Waals surface area (Å²) in [5.74, 6) is -0.314. The van der Waals surface area contributed by atoms with Crippen molar-refractivity contribution in [2.75, 3.05) is 18.5 Å². The van der Waals surface area contributed by atoms with E-state index in [1.54, 1.807) is 12.1 Å². The van der Waals surface area contributed by atoms with Crippen molar-refractivity contribution in [2.45, 2.75) is 6.54 Å². The third-order valence-electron chi connectivity index (χ3n) is 1.71. The Morgan fingerprint density at radius 2 is 2.23 bits per heavy atom. The lowest BCUT2D eigenvalue weighted by Gasteiger charge is -2.06. The smallest absolute Gasteiger partial charge is 0.129 e. The molecule has 0 aliphatic carbocycles. The first kappa shape index (κ1) is 9.95. The van der Waals surface area contributed by atoms with Gasteiger partial charge in [0.15, 0.2) is 0 Å². The molecule has 0 saturated carbocycles. The van der Waals surface area contributed by atoms with Crippen molar-refractivity contribution in [2.24, 2.45) is 5.73 Å². The number of rotatable bonds is 4. The summed E-state index contributed by atoms with van der Waals surface area (Å²) >= 11 is 0. The Balaban J connectivity index is 2.71. The number of hydrogen-bond donors (Lipinski definition) is 3. The van der Waals surface area contributed by atoms with Gasteiger partial charge < -0.3 is 16.2 Å². The first-order chi connectivity index (χ1) is 6.27.